The minimum Gasteiger partial charge on any atom is -0.457 e. The Morgan fingerprint density at radius 3 is 2.40 bits per heavy atom. The van der Waals surface area contributed by atoms with E-state index >= 15 is 0 Å². The highest BCUT2D eigenvalue weighted by atomic mass is 19.4. The average molecular weight is 550 g/mol. The lowest BCUT2D eigenvalue weighted by molar-refractivity contribution is -0.137. The van der Waals surface area contributed by atoms with E-state index in [0.29, 0.717) is 51.2 Å². The highest BCUT2D eigenvalue weighted by Gasteiger charge is 2.32. The molecule has 40 heavy (non-hydrogen) atoms. The molecule has 5 aromatic rings. The zero-order valence-electron chi connectivity index (χ0n) is 20.2. The number of ether oxygens (including phenoxy) is 1. The van der Waals surface area contributed by atoms with E-state index in [-0.39, 0.29) is 11.6 Å². The fraction of sp³-hybridized carbons (Fsp3) is 0.0370. The van der Waals surface area contributed by atoms with Crippen molar-refractivity contribution in [1.82, 2.24) is 15.0 Å². The van der Waals surface area contributed by atoms with Gasteiger partial charge in [-0.05, 0) is 66.7 Å². The number of aromatic amines is 1. The first kappa shape index (κ1) is 26.2. The smallest absolute Gasteiger partial charge is 0.416 e. The van der Waals surface area contributed by atoms with Gasteiger partial charge in [-0.1, -0.05) is 0 Å². The second kappa shape index (κ2) is 10.4. The van der Waals surface area contributed by atoms with E-state index in [1.54, 1.807) is 36.5 Å². The Hall–Kier alpha value is -5.46. The summed E-state index contributed by atoms with van der Waals surface area (Å²) < 4.78 is 59.7. The number of carbonyl (C=O) groups is 2. The molecule has 3 aromatic carbocycles. The van der Waals surface area contributed by atoms with Gasteiger partial charge >= 0.3 is 12.2 Å². The number of amides is 3. The number of H-pyrrole nitrogens is 1. The second-order valence-corrected chi connectivity index (χ2v) is 8.39. The van der Waals surface area contributed by atoms with Crippen LogP contribution in [-0.4, -0.2) is 26.9 Å². The Morgan fingerprint density at radius 2 is 1.73 bits per heavy atom. The minimum atomic E-state index is -4.75. The Labute approximate surface area is 223 Å². The summed E-state index contributed by atoms with van der Waals surface area (Å²) in [5.41, 5.74) is 5.11. The summed E-state index contributed by atoms with van der Waals surface area (Å²) >= 11 is 0. The number of primary amides is 1. The second-order valence-electron chi connectivity index (χ2n) is 8.39. The van der Waals surface area contributed by atoms with Gasteiger partial charge in [0.1, 0.15) is 17.3 Å². The number of benzene rings is 3. The predicted octanol–water partition coefficient (Wildman–Crippen LogP) is 6.38. The molecule has 0 aliphatic heterocycles. The number of urea groups is 1. The van der Waals surface area contributed by atoms with Crippen LogP contribution in [0, 0.1) is 5.82 Å². The maximum atomic E-state index is 14.4. The fourth-order valence-electron chi connectivity index (χ4n) is 3.83. The summed E-state index contributed by atoms with van der Waals surface area (Å²) in [4.78, 5) is 36.3. The molecular weight excluding hydrogens is 532 g/mol. The molecule has 13 heteroatoms. The Kier molecular flexibility index (Phi) is 6.78. The number of fused-ring (bicyclic) bond motifs is 1. The fourth-order valence-corrected chi connectivity index (χ4v) is 3.83. The van der Waals surface area contributed by atoms with Crippen molar-refractivity contribution in [3.05, 3.63) is 102 Å². The van der Waals surface area contributed by atoms with E-state index in [1.165, 1.54) is 30.5 Å². The van der Waals surface area contributed by atoms with Crippen LogP contribution in [0.3, 0.4) is 0 Å². The first-order valence-corrected chi connectivity index (χ1v) is 11.5. The highest BCUT2D eigenvalue weighted by molar-refractivity contribution is 6.03. The maximum absolute atomic E-state index is 14.4. The Morgan fingerprint density at radius 1 is 0.975 bits per heavy atom. The SMILES string of the molecule is NC(=O)N(c1ccc(Oc2ccc3nc(NC(=O)c4cccnc4)[nH]c3c2)cc1)c1cc(C(F)(F)F)ccc1F. The quantitative estimate of drug-likeness (QED) is 0.212. The van der Waals surface area contributed by atoms with Crippen LogP contribution >= 0.6 is 0 Å². The number of pyridine rings is 1. The van der Waals surface area contributed by atoms with E-state index in [2.05, 4.69) is 20.3 Å². The number of halogens is 4. The van der Waals surface area contributed by atoms with Crippen molar-refractivity contribution in [3.63, 3.8) is 0 Å². The largest absolute Gasteiger partial charge is 0.457 e. The normalized spacial score (nSPS) is 11.3. The highest BCUT2D eigenvalue weighted by Crippen LogP contribution is 2.36. The number of nitrogens with zero attached hydrogens (tertiary/aromatic N) is 3. The molecule has 0 radical (unpaired) electrons. The van der Waals surface area contributed by atoms with Crippen molar-refractivity contribution in [2.75, 3.05) is 10.2 Å². The van der Waals surface area contributed by atoms with Gasteiger partial charge in [0.15, 0.2) is 0 Å². The molecule has 0 aliphatic carbocycles. The van der Waals surface area contributed by atoms with E-state index < -0.39 is 35.2 Å². The molecular formula is C27H18F4N6O3. The molecule has 5 rings (SSSR count). The standard InChI is InChI=1S/C27H18F4N6O3/c28-20-9-3-16(27(29,30)31)12-23(20)37(25(32)39)17-4-6-18(7-5-17)40-19-8-10-21-22(13-19)35-26(34-21)36-24(38)15-2-1-11-33-14-15/h1-14H,(H2,32,39)(H2,34,35,36,38). The third-order valence-electron chi connectivity index (χ3n) is 5.67. The van der Waals surface area contributed by atoms with Crippen molar-refractivity contribution in [2.24, 2.45) is 5.73 Å². The predicted molar refractivity (Wildman–Crippen MR) is 138 cm³/mol. The number of imidazole rings is 1. The van der Waals surface area contributed by atoms with Gasteiger partial charge in [0.25, 0.3) is 5.91 Å². The number of nitrogens with one attached hydrogen (secondary N) is 2. The minimum absolute atomic E-state index is 0.0242. The number of aromatic nitrogens is 3. The van der Waals surface area contributed by atoms with Crippen LogP contribution in [0.1, 0.15) is 15.9 Å². The lowest BCUT2D eigenvalue weighted by Gasteiger charge is -2.22. The molecule has 3 amide bonds. The molecule has 202 valence electrons. The Balaban J connectivity index is 1.34. The lowest BCUT2D eigenvalue weighted by atomic mass is 10.1. The summed E-state index contributed by atoms with van der Waals surface area (Å²) in [6, 6.07) is 14.3. The van der Waals surface area contributed by atoms with Crippen molar-refractivity contribution in [3.8, 4) is 11.5 Å². The number of carbonyl (C=O) groups excluding carboxylic acids is 2. The molecule has 0 unspecified atom stereocenters. The summed E-state index contributed by atoms with van der Waals surface area (Å²) in [6.45, 7) is 0. The van der Waals surface area contributed by atoms with Gasteiger partial charge < -0.3 is 15.5 Å². The van der Waals surface area contributed by atoms with Gasteiger partial charge in [0.05, 0.1) is 33.5 Å². The maximum Gasteiger partial charge on any atom is 0.416 e. The van der Waals surface area contributed by atoms with Gasteiger partial charge in [-0.15, -0.1) is 0 Å². The van der Waals surface area contributed by atoms with Gasteiger partial charge in [0, 0.05) is 18.5 Å². The third kappa shape index (κ3) is 5.53. The lowest BCUT2D eigenvalue weighted by Crippen LogP contribution is -2.32. The van der Waals surface area contributed by atoms with Crippen LogP contribution < -0.4 is 20.7 Å². The Bertz CT molecular complexity index is 1710. The van der Waals surface area contributed by atoms with E-state index in [9.17, 15) is 27.2 Å². The molecule has 0 saturated heterocycles. The first-order valence-electron chi connectivity index (χ1n) is 11.5. The molecule has 0 atom stereocenters. The van der Waals surface area contributed by atoms with Gasteiger partial charge in [-0.2, -0.15) is 13.2 Å². The third-order valence-corrected chi connectivity index (χ3v) is 5.67. The molecule has 9 nitrogen and oxygen atoms in total. The molecule has 0 fully saturated rings. The van der Waals surface area contributed by atoms with Gasteiger partial charge in [0.2, 0.25) is 5.95 Å². The van der Waals surface area contributed by atoms with Gasteiger partial charge in [-0.25, -0.2) is 14.2 Å². The monoisotopic (exact) mass is 550 g/mol. The van der Waals surface area contributed by atoms with Crippen LogP contribution in [-0.2, 0) is 6.18 Å². The molecule has 0 spiro atoms. The van der Waals surface area contributed by atoms with Crippen LogP contribution in [0.15, 0.2) is 85.2 Å². The van der Waals surface area contributed by atoms with E-state index in [1.807, 2.05) is 0 Å². The van der Waals surface area contributed by atoms with Gasteiger partial charge in [-0.3, -0.25) is 20.0 Å². The molecule has 2 aromatic heterocycles. The zero-order chi connectivity index (χ0) is 28.4. The summed E-state index contributed by atoms with van der Waals surface area (Å²) in [7, 11) is 0. The molecule has 0 saturated carbocycles. The molecule has 4 N–H and O–H groups in total. The van der Waals surface area contributed by atoms with Crippen LogP contribution in [0.25, 0.3) is 11.0 Å². The van der Waals surface area contributed by atoms with Crippen molar-refractivity contribution in [1.29, 1.82) is 0 Å². The first-order chi connectivity index (χ1) is 19.1. The summed E-state index contributed by atoms with van der Waals surface area (Å²) in [5, 5.41) is 2.65. The molecule has 2 heterocycles. The van der Waals surface area contributed by atoms with Crippen LogP contribution in [0.5, 0.6) is 11.5 Å². The van der Waals surface area contributed by atoms with Crippen molar-refractivity contribution < 1.29 is 31.9 Å². The van der Waals surface area contributed by atoms with Crippen molar-refractivity contribution in [2.45, 2.75) is 6.18 Å². The molecule has 0 aliphatic rings. The number of alkyl halides is 3. The summed E-state index contributed by atoms with van der Waals surface area (Å²) in [6.07, 6.45) is -1.77. The summed E-state index contributed by atoms with van der Waals surface area (Å²) in [5.74, 6) is -0.528. The molecule has 0 bridgehead atoms. The van der Waals surface area contributed by atoms with Crippen LogP contribution in [0.2, 0.25) is 0 Å². The zero-order valence-corrected chi connectivity index (χ0v) is 20.2. The number of hydrogen-bond donors (Lipinski definition) is 3. The number of nitrogens with two attached hydrogens (primary N) is 1. The van der Waals surface area contributed by atoms with E-state index in [4.69, 9.17) is 10.5 Å². The topological polar surface area (TPSA) is 126 Å². The van der Waals surface area contributed by atoms with E-state index in [0.717, 1.165) is 0 Å². The number of anilines is 3. The number of rotatable bonds is 6. The van der Waals surface area contributed by atoms with Crippen molar-refractivity contribution >= 4 is 40.3 Å². The average Bonchev–Trinajstić information content (AvgIpc) is 3.32. The number of hydrogen-bond acceptors (Lipinski definition) is 5. The van der Waals surface area contributed by atoms with Crippen LogP contribution in [0.4, 0.5) is 39.7 Å².